The molecule has 0 unspecified atom stereocenters. The minimum atomic E-state index is -0.271. The van der Waals surface area contributed by atoms with Crippen LogP contribution in [0.3, 0.4) is 0 Å². The lowest BCUT2D eigenvalue weighted by molar-refractivity contribution is 0.627. The molecule has 1 aromatic heterocycles. The van der Waals surface area contributed by atoms with E-state index in [1.54, 1.807) is 29.1 Å². The molecule has 0 atom stereocenters. The Morgan fingerprint density at radius 2 is 2.05 bits per heavy atom. The lowest BCUT2D eigenvalue weighted by atomic mass is 10.2. The van der Waals surface area contributed by atoms with Crippen LogP contribution in [0.5, 0.6) is 0 Å². The molecule has 1 heterocycles. The number of hydrogen-bond acceptors (Lipinski definition) is 3. The second-order valence-electron chi connectivity index (χ2n) is 4.25. The summed E-state index contributed by atoms with van der Waals surface area (Å²) >= 11 is 0. The molecule has 0 saturated heterocycles. The molecule has 1 N–H and O–H groups in total. The SMILES string of the molecule is CCCn1ccnc(NCc2ccc(F)cc2)c1=O. The second-order valence-corrected chi connectivity index (χ2v) is 4.25. The minimum absolute atomic E-state index is 0.133. The largest absolute Gasteiger partial charge is 0.361 e. The van der Waals surface area contributed by atoms with E-state index in [4.69, 9.17) is 0 Å². The summed E-state index contributed by atoms with van der Waals surface area (Å²) < 4.78 is 14.4. The Kier molecular flexibility index (Phi) is 4.28. The number of nitrogens with one attached hydrogen (secondary N) is 1. The van der Waals surface area contributed by atoms with Crippen LogP contribution < -0.4 is 10.9 Å². The molecule has 0 saturated carbocycles. The van der Waals surface area contributed by atoms with Gasteiger partial charge < -0.3 is 9.88 Å². The van der Waals surface area contributed by atoms with Crippen molar-refractivity contribution < 1.29 is 4.39 Å². The van der Waals surface area contributed by atoms with Crippen molar-refractivity contribution >= 4 is 5.82 Å². The van der Waals surface area contributed by atoms with E-state index < -0.39 is 0 Å². The number of benzene rings is 1. The van der Waals surface area contributed by atoms with E-state index in [0.29, 0.717) is 18.9 Å². The smallest absolute Gasteiger partial charge is 0.293 e. The molecule has 100 valence electrons. The summed E-state index contributed by atoms with van der Waals surface area (Å²) in [5, 5.41) is 2.98. The Labute approximate surface area is 110 Å². The fourth-order valence-corrected chi connectivity index (χ4v) is 1.77. The van der Waals surface area contributed by atoms with E-state index in [2.05, 4.69) is 10.3 Å². The fraction of sp³-hybridized carbons (Fsp3) is 0.286. The molecule has 0 fully saturated rings. The van der Waals surface area contributed by atoms with Crippen LogP contribution in [0.1, 0.15) is 18.9 Å². The van der Waals surface area contributed by atoms with Crippen LogP contribution in [0.15, 0.2) is 41.5 Å². The molecule has 5 heteroatoms. The zero-order chi connectivity index (χ0) is 13.7. The molecular formula is C14H16FN3O. The van der Waals surface area contributed by atoms with Crippen molar-refractivity contribution in [1.29, 1.82) is 0 Å². The van der Waals surface area contributed by atoms with Gasteiger partial charge in [0.1, 0.15) is 5.82 Å². The standard InChI is InChI=1S/C14H16FN3O/c1-2-8-18-9-7-16-13(14(18)19)17-10-11-3-5-12(15)6-4-11/h3-7,9H,2,8,10H2,1H3,(H,16,17). The van der Waals surface area contributed by atoms with Crippen molar-refractivity contribution in [2.24, 2.45) is 0 Å². The molecule has 2 rings (SSSR count). The van der Waals surface area contributed by atoms with Crippen molar-refractivity contribution in [1.82, 2.24) is 9.55 Å². The number of rotatable bonds is 5. The number of hydrogen-bond donors (Lipinski definition) is 1. The lowest BCUT2D eigenvalue weighted by Crippen LogP contribution is -2.24. The van der Waals surface area contributed by atoms with E-state index in [-0.39, 0.29) is 11.4 Å². The molecular weight excluding hydrogens is 245 g/mol. The van der Waals surface area contributed by atoms with Crippen molar-refractivity contribution in [2.75, 3.05) is 5.32 Å². The highest BCUT2D eigenvalue weighted by atomic mass is 19.1. The van der Waals surface area contributed by atoms with Gasteiger partial charge in [0, 0.05) is 25.5 Å². The summed E-state index contributed by atoms with van der Waals surface area (Å²) in [6.07, 6.45) is 4.17. The summed E-state index contributed by atoms with van der Waals surface area (Å²) in [7, 11) is 0. The zero-order valence-electron chi connectivity index (χ0n) is 10.8. The van der Waals surface area contributed by atoms with Crippen LogP contribution in [-0.4, -0.2) is 9.55 Å². The second kappa shape index (κ2) is 6.13. The number of nitrogens with zero attached hydrogens (tertiary/aromatic N) is 2. The first-order valence-electron chi connectivity index (χ1n) is 6.24. The van der Waals surface area contributed by atoms with Crippen LogP contribution in [0.25, 0.3) is 0 Å². The van der Waals surface area contributed by atoms with E-state index in [1.165, 1.54) is 12.1 Å². The van der Waals surface area contributed by atoms with Crippen molar-refractivity contribution in [3.8, 4) is 0 Å². The summed E-state index contributed by atoms with van der Waals surface area (Å²) in [5.74, 6) is 0.0483. The number of aryl methyl sites for hydroxylation is 1. The maximum atomic E-state index is 12.8. The fourth-order valence-electron chi connectivity index (χ4n) is 1.77. The molecule has 0 bridgehead atoms. The van der Waals surface area contributed by atoms with E-state index in [0.717, 1.165) is 12.0 Å². The monoisotopic (exact) mass is 261 g/mol. The van der Waals surface area contributed by atoms with Crippen LogP contribution in [0.4, 0.5) is 10.2 Å². The maximum absolute atomic E-state index is 12.8. The van der Waals surface area contributed by atoms with Gasteiger partial charge in [-0.2, -0.15) is 0 Å². The normalized spacial score (nSPS) is 10.4. The Balaban J connectivity index is 2.09. The molecule has 0 radical (unpaired) electrons. The molecule has 19 heavy (non-hydrogen) atoms. The molecule has 1 aromatic carbocycles. The first-order valence-corrected chi connectivity index (χ1v) is 6.24. The minimum Gasteiger partial charge on any atom is -0.361 e. The zero-order valence-corrected chi connectivity index (χ0v) is 10.8. The summed E-state index contributed by atoms with van der Waals surface area (Å²) in [4.78, 5) is 16.0. The molecule has 0 aliphatic carbocycles. The summed E-state index contributed by atoms with van der Waals surface area (Å²) in [6, 6.07) is 6.14. The third-order valence-corrected chi connectivity index (χ3v) is 2.75. The van der Waals surface area contributed by atoms with Gasteiger partial charge in [-0.05, 0) is 24.1 Å². The van der Waals surface area contributed by atoms with Gasteiger partial charge in [-0.3, -0.25) is 4.79 Å². The first-order chi connectivity index (χ1) is 9.20. The highest BCUT2D eigenvalue weighted by molar-refractivity contribution is 5.32. The van der Waals surface area contributed by atoms with Gasteiger partial charge in [0.25, 0.3) is 5.56 Å². The van der Waals surface area contributed by atoms with Gasteiger partial charge in [0.2, 0.25) is 0 Å². The highest BCUT2D eigenvalue weighted by Gasteiger charge is 2.03. The van der Waals surface area contributed by atoms with Crippen LogP contribution in [-0.2, 0) is 13.1 Å². The molecule has 0 aliphatic heterocycles. The average Bonchev–Trinajstić information content (AvgIpc) is 2.42. The molecule has 4 nitrogen and oxygen atoms in total. The van der Waals surface area contributed by atoms with Gasteiger partial charge in [-0.25, -0.2) is 9.37 Å². The quantitative estimate of drug-likeness (QED) is 0.899. The van der Waals surface area contributed by atoms with Gasteiger partial charge in [-0.15, -0.1) is 0 Å². The van der Waals surface area contributed by atoms with Crippen LogP contribution in [0, 0.1) is 5.82 Å². The molecule has 0 aliphatic rings. The van der Waals surface area contributed by atoms with Gasteiger partial charge in [0.15, 0.2) is 5.82 Å². The van der Waals surface area contributed by atoms with E-state index >= 15 is 0 Å². The van der Waals surface area contributed by atoms with E-state index in [1.807, 2.05) is 6.92 Å². The van der Waals surface area contributed by atoms with Gasteiger partial charge >= 0.3 is 0 Å². The number of aromatic nitrogens is 2. The Hall–Kier alpha value is -2.17. The first kappa shape index (κ1) is 13.3. The number of anilines is 1. The highest BCUT2D eigenvalue weighted by Crippen LogP contribution is 2.04. The third-order valence-electron chi connectivity index (χ3n) is 2.75. The summed E-state index contributed by atoms with van der Waals surface area (Å²) in [5.41, 5.74) is 0.764. The van der Waals surface area contributed by atoms with E-state index in [9.17, 15) is 9.18 Å². The van der Waals surface area contributed by atoms with Crippen LogP contribution in [0.2, 0.25) is 0 Å². The topological polar surface area (TPSA) is 46.9 Å². The third kappa shape index (κ3) is 3.40. The molecule has 2 aromatic rings. The van der Waals surface area contributed by atoms with Gasteiger partial charge in [0.05, 0.1) is 0 Å². The maximum Gasteiger partial charge on any atom is 0.293 e. The Bertz CT molecular complexity index is 592. The van der Waals surface area contributed by atoms with Crippen molar-refractivity contribution in [3.63, 3.8) is 0 Å². The summed E-state index contributed by atoms with van der Waals surface area (Å²) in [6.45, 7) is 3.13. The lowest BCUT2D eigenvalue weighted by Gasteiger charge is -2.08. The predicted molar refractivity (Wildman–Crippen MR) is 72.5 cm³/mol. The Morgan fingerprint density at radius 1 is 1.32 bits per heavy atom. The predicted octanol–water partition coefficient (Wildman–Crippen LogP) is 2.40. The van der Waals surface area contributed by atoms with Crippen molar-refractivity contribution in [3.05, 3.63) is 58.4 Å². The van der Waals surface area contributed by atoms with Gasteiger partial charge in [-0.1, -0.05) is 19.1 Å². The Morgan fingerprint density at radius 3 is 2.74 bits per heavy atom. The number of halogens is 1. The van der Waals surface area contributed by atoms with Crippen molar-refractivity contribution in [2.45, 2.75) is 26.4 Å². The average molecular weight is 261 g/mol. The molecule has 0 amide bonds. The molecule has 0 spiro atoms. The van der Waals surface area contributed by atoms with Crippen LogP contribution >= 0.6 is 0 Å².